The van der Waals surface area contributed by atoms with Gasteiger partial charge in [-0.25, -0.2) is 9.59 Å². The van der Waals surface area contributed by atoms with Crippen molar-refractivity contribution in [2.24, 2.45) is 0 Å². The molecule has 1 aliphatic carbocycles. The first-order valence-electron chi connectivity index (χ1n) is 19.4. The highest BCUT2D eigenvalue weighted by molar-refractivity contribution is 5.95. The highest BCUT2D eigenvalue weighted by Gasteiger charge is 2.41. The predicted octanol–water partition coefficient (Wildman–Crippen LogP) is 6.49. The van der Waals surface area contributed by atoms with Crippen molar-refractivity contribution >= 4 is 18.0 Å². The summed E-state index contributed by atoms with van der Waals surface area (Å²) < 4.78 is 14.1. The number of esters is 1. The number of hydrogen-bond acceptors (Lipinski definition) is 8. The fourth-order valence-corrected chi connectivity index (χ4v) is 8.15. The van der Waals surface area contributed by atoms with Crippen LogP contribution in [0.4, 0.5) is 4.79 Å². The maximum absolute atomic E-state index is 14.3. The molecule has 11 nitrogen and oxygen atoms in total. The number of aryl methyl sites for hydroxylation is 1. The number of hydrogen-bond donors (Lipinski definition) is 1. The Morgan fingerprint density at radius 2 is 1.29 bits per heavy atom. The number of alkyl carbamates (subject to hydrolysis) is 1. The average molecular weight is 775 g/mol. The third kappa shape index (κ3) is 7.64. The zero-order chi connectivity index (χ0) is 40.2. The van der Waals surface area contributed by atoms with Crippen LogP contribution in [0.25, 0.3) is 11.1 Å². The number of aromatic nitrogens is 2. The molecule has 1 aromatic heterocycles. The Morgan fingerprint density at radius 3 is 1.90 bits per heavy atom. The lowest BCUT2D eigenvalue weighted by molar-refractivity contribution is -0.153. The minimum Gasteiger partial charge on any atom is -0.451 e. The van der Waals surface area contributed by atoms with E-state index in [9.17, 15) is 24.0 Å². The normalized spacial score (nSPS) is 16.1. The molecule has 1 amide bonds. The van der Waals surface area contributed by atoms with Gasteiger partial charge in [-0.3, -0.25) is 23.9 Å². The van der Waals surface area contributed by atoms with E-state index in [4.69, 9.17) is 9.47 Å². The molecule has 0 saturated carbocycles. The quantitative estimate of drug-likeness (QED) is 0.148. The van der Waals surface area contributed by atoms with Gasteiger partial charge >= 0.3 is 17.8 Å². The second kappa shape index (κ2) is 16.7. The molecule has 58 heavy (non-hydrogen) atoms. The van der Waals surface area contributed by atoms with Crippen molar-refractivity contribution in [1.82, 2.24) is 19.4 Å². The van der Waals surface area contributed by atoms with Crippen LogP contribution in [0.15, 0.2) is 155 Å². The molecule has 2 atom stereocenters. The molecule has 292 valence electrons. The van der Waals surface area contributed by atoms with Crippen LogP contribution in [-0.4, -0.2) is 64.3 Å². The molecule has 0 radical (unpaired) electrons. The summed E-state index contributed by atoms with van der Waals surface area (Å²) in [4.78, 5) is 70.1. The van der Waals surface area contributed by atoms with Crippen molar-refractivity contribution in [3.05, 3.63) is 200 Å². The highest BCUT2D eigenvalue weighted by atomic mass is 16.6. The van der Waals surface area contributed by atoms with Gasteiger partial charge in [-0.05, 0) is 58.9 Å². The van der Waals surface area contributed by atoms with E-state index in [1.165, 1.54) is 10.8 Å². The zero-order valence-corrected chi connectivity index (χ0v) is 31.9. The van der Waals surface area contributed by atoms with Crippen molar-refractivity contribution in [2.75, 3.05) is 26.2 Å². The van der Waals surface area contributed by atoms with Gasteiger partial charge in [-0.2, -0.15) is 4.57 Å². The molecule has 2 aliphatic rings. The number of nitrogens with one attached hydrogen (secondary N) is 1. The van der Waals surface area contributed by atoms with Gasteiger partial charge in [0.25, 0.3) is 11.5 Å². The van der Waals surface area contributed by atoms with Gasteiger partial charge in [0.1, 0.15) is 12.6 Å². The Balaban J connectivity index is 1.02. The van der Waals surface area contributed by atoms with E-state index >= 15 is 0 Å². The van der Waals surface area contributed by atoms with Crippen LogP contribution in [0.1, 0.15) is 62.7 Å². The molecule has 0 bridgehead atoms. The third-order valence-corrected chi connectivity index (χ3v) is 11.0. The van der Waals surface area contributed by atoms with Gasteiger partial charge in [0.05, 0.1) is 6.04 Å². The van der Waals surface area contributed by atoms with Crippen molar-refractivity contribution in [2.45, 2.75) is 37.5 Å². The van der Waals surface area contributed by atoms with Gasteiger partial charge in [-0.15, -0.1) is 0 Å². The number of carbonyl (C=O) groups excluding carboxylic acids is 3. The second-order valence-corrected chi connectivity index (χ2v) is 14.6. The molecule has 5 aromatic carbocycles. The Bertz CT molecular complexity index is 2490. The highest BCUT2D eigenvalue weighted by Crippen LogP contribution is 2.44. The average Bonchev–Trinajstić information content (AvgIpc) is 3.83. The number of ether oxygens (including phenoxy) is 2. The van der Waals surface area contributed by atoms with E-state index < -0.39 is 47.4 Å². The van der Waals surface area contributed by atoms with Crippen LogP contribution in [0, 0.1) is 6.92 Å². The molecular weight excluding hydrogens is 733 g/mol. The number of rotatable bonds is 11. The lowest BCUT2D eigenvalue weighted by atomic mass is 9.98. The van der Waals surface area contributed by atoms with Gasteiger partial charge in [-0.1, -0.05) is 127 Å². The van der Waals surface area contributed by atoms with Crippen molar-refractivity contribution < 1.29 is 23.9 Å². The van der Waals surface area contributed by atoms with E-state index in [0.29, 0.717) is 4.57 Å². The van der Waals surface area contributed by atoms with Crippen molar-refractivity contribution in [1.29, 1.82) is 0 Å². The van der Waals surface area contributed by atoms with Crippen LogP contribution in [0.2, 0.25) is 0 Å². The van der Waals surface area contributed by atoms with E-state index in [1.807, 2.05) is 89.8 Å². The van der Waals surface area contributed by atoms with Gasteiger partial charge < -0.3 is 14.8 Å². The van der Waals surface area contributed by atoms with E-state index in [-0.39, 0.29) is 49.7 Å². The monoisotopic (exact) mass is 774 g/mol. The molecular formula is C47H42N4O7. The Hall–Kier alpha value is -6.85. The number of fused-ring (bicyclic) bond motifs is 3. The standard InChI is InChI=1S/C47H42N4O7/c1-31-28-50(47(56)51(43(31)52)44(53)34-19-9-4-10-20-34)35-27-41(45(54)58-42(32-15-5-2-6-16-32)33-17-7-3-8-18-33)49(29-35)26-25-48-46(55)57-30-40-38-23-13-11-21-36(38)37-22-12-14-24-39(37)40/h2-24,28,35,40-42H,25-27,29-30H2,1H3,(H,48,55)/t35-,41-/m1/s1. The summed E-state index contributed by atoms with van der Waals surface area (Å²) in [7, 11) is 0. The largest absolute Gasteiger partial charge is 0.451 e. The summed E-state index contributed by atoms with van der Waals surface area (Å²) in [5, 5.41) is 2.84. The molecule has 8 rings (SSSR count). The number of carbonyl (C=O) groups is 3. The number of amides is 1. The minimum atomic E-state index is -0.832. The molecule has 1 fully saturated rings. The molecule has 1 saturated heterocycles. The topological polar surface area (TPSA) is 129 Å². The van der Waals surface area contributed by atoms with E-state index in [2.05, 4.69) is 29.6 Å². The lowest BCUT2D eigenvalue weighted by Crippen LogP contribution is -2.46. The molecule has 6 aromatic rings. The Labute approximate surface area is 335 Å². The number of benzene rings is 5. The van der Waals surface area contributed by atoms with Gasteiger partial charge in [0, 0.05) is 42.9 Å². The maximum atomic E-state index is 14.3. The Morgan fingerprint density at radius 1 is 0.741 bits per heavy atom. The lowest BCUT2D eigenvalue weighted by Gasteiger charge is -2.26. The maximum Gasteiger partial charge on any atom is 0.407 e. The van der Waals surface area contributed by atoms with Crippen LogP contribution < -0.4 is 16.6 Å². The van der Waals surface area contributed by atoms with Crippen molar-refractivity contribution in [3.63, 3.8) is 0 Å². The van der Waals surface area contributed by atoms with Gasteiger partial charge in [0.15, 0.2) is 6.10 Å². The predicted molar refractivity (Wildman–Crippen MR) is 219 cm³/mol. The van der Waals surface area contributed by atoms with E-state index in [1.54, 1.807) is 37.3 Å². The fraction of sp³-hybridized carbons (Fsp3) is 0.213. The van der Waals surface area contributed by atoms with Crippen molar-refractivity contribution in [3.8, 4) is 11.1 Å². The SMILES string of the molecule is Cc1cn([C@@H]2C[C@H](C(=O)OC(c3ccccc3)c3ccccc3)N(CCNC(=O)OCC3c4ccccc4-c4ccccc43)C2)c(=O)n(C(=O)c2ccccc2)c1=O. The number of likely N-dealkylation sites (tertiary alicyclic amines) is 1. The summed E-state index contributed by atoms with van der Waals surface area (Å²) in [5.74, 6) is -1.35. The molecule has 1 aliphatic heterocycles. The first kappa shape index (κ1) is 38.0. The summed E-state index contributed by atoms with van der Waals surface area (Å²) in [6.45, 7) is 2.26. The fourth-order valence-electron chi connectivity index (χ4n) is 8.15. The molecule has 11 heteroatoms. The molecule has 0 unspecified atom stereocenters. The summed E-state index contributed by atoms with van der Waals surface area (Å²) >= 11 is 0. The second-order valence-electron chi connectivity index (χ2n) is 14.6. The molecule has 1 N–H and O–H groups in total. The zero-order valence-electron chi connectivity index (χ0n) is 31.9. The van der Waals surface area contributed by atoms with Gasteiger partial charge in [0.2, 0.25) is 0 Å². The summed E-state index contributed by atoms with van der Waals surface area (Å²) in [6.07, 6.45) is 0.298. The summed E-state index contributed by atoms with van der Waals surface area (Å²) in [6, 6.07) is 41.8. The Kier molecular flexibility index (Phi) is 11.0. The van der Waals surface area contributed by atoms with Crippen LogP contribution in [-0.2, 0) is 14.3 Å². The van der Waals surface area contributed by atoms with E-state index in [0.717, 1.165) is 33.4 Å². The third-order valence-electron chi connectivity index (χ3n) is 11.0. The smallest absolute Gasteiger partial charge is 0.407 e. The van der Waals surface area contributed by atoms with Crippen LogP contribution in [0.3, 0.4) is 0 Å². The van der Waals surface area contributed by atoms with Crippen LogP contribution >= 0.6 is 0 Å². The first-order valence-corrected chi connectivity index (χ1v) is 19.4. The molecule has 0 spiro atoms. The first-order chi connectivity index (χ1) is 28.3. The number of nitrogens with zero attached hydrogens (tertiary/aromatic N) is 3. The minimum absolute atomic E-state index is 0.0994. The van der Waals surface area contributed by atoms with Crippen LogP contribution in [0.5, 0.6) is 0 Å². The molecule has 2 heterocycles. The summed E-state index contributed by atoms with van der Waals surface area (Å²) in [5.41, 5.74) is 4.94.